The summed E-state index contributed by atoms with van der Waals surface area (Å²) in [6.45, 7) is 2.08. The minimum absolute atomic E-state index is 0. The summed E-state index contributed by atoms with van der Waals surface area (Å²) >= 11 is 0. The number of hydrogen-bond donors (Lipinski definition) is 1. The first-order valence-corrected chi connectivity index (χ1v) is 50.4. The third kappa shape index (κ3) is 41.7. The number of benzene rings is 6. The van der Waals surface area contributed by atoms with Crippen molar-refractivity contribution in [2.75, 3.05) is 35.5 Å². The summed E-state index contributed by atoms with van der Waals surface area (Å²) in [7, 11) is 0.238. The van der Waals surface area contributed by atoms with Crippen LogP contribution in [-0.4, -0.2) is 161 Å². The maximum Gasteiger partial charge on any atom is 0.534 e. The van der Waals surface area contributed by atoms with Crippen LogP contribution in [-0.2, 0) is 98.9 Å². The number of allylic oxidation sites excluding steroid dienone is 3. The molecule has 814 valence electrons. The van der Waals surface area contributed by atoms with E-state index in [1.807, 2.05) is 12.1 Å². The fourth-order valence-electron chi connectivity index (χ4n) is 16.5. The van der Waals surface area contributed by atoms with Crippen LogP contribution in [0.25, 0.3) is 6.08 Å². The van der Waals surface area contributed by atoms with Gasteiger partial charge in [0.05, 0.1) is 75.4 Å². The largest absolute Gasteiger partial charge is 1.00 e. The molecule has 0 aliphatic heterocycles. The standard InChI is InChI=1S/C18H19F5O5S.C17H20F2O3.C17H18F2O3.C17H18F2O2.C16H16F2O2.C10H12O2.C8H10F2O2.C8H12O2.BrH/c1-27-16(24)13-9-7-12(8-10-13)11-14-5-3-2-4-6-15(17(14,19)20)28-29(25,26)18(21,22)23;2*1-22-16(21)13-9-7-12(8-10-13)11-14-5-3-2-4-6-15(20)17(14,18)19;1-21-16(20)14-9-7-13(8-10-14)12-15-6-4-2-3-5-11-17(15,18)19;17-16(18)10-4-2-1-3-5-14(16)11-12-6-8-13(9-7-12)15(19)20;1-3-8-4-6-9(7-5-8)10(11)12-2;9-8(10)6(11)4-2-1-3-5-7(8)12;9-7-4-2-1-3-5-8(10)6-7;/h6-10,14H,2-5,11H2,1H3;7-10,14H,2-6,11H2,1H3;7-11H,2-6H2,1H3;7-10,15H,2-4,6,12H2,1H3;6-9,14H,1-3,5,11H2,(H,19,20);4-7H,3H2,1-2H3;1-5H2;1-6H2;1H/p-1/b15-6+;;;;;;;;. The van der Waals surface area contributed by atoms with Crippen molar-refractivity contribution in [2.24, 2.45) is 23.7 Å². The molecule has 0 heterocycles. The fraction of sp³-hybridized carbons (Fsp3) is 0.495. The van der Waals surface area contributed by atoms with Gasteiger partial charge in [-0.15, -0.1) is 0 Å². The SMILES string of the molecule is CCc1ccc(C(=O)OC)cc1.COC(=O)c1ccc(C=C2CCCCCC(=O)C2(F)F)cc1.COC(=O)c1ccc(CC2CCCC/C=C(/OS(=O)(=O)C(F)(F)F)C2(F)F)cc1.COC(=O)c1ccc(CC2CCCCC#CC2(F)F)cc1.COC(=O)c1ccc(CC2CCCCCC(=O)C2(F)F)cc1.O=C(O)c1ccc(CC2CCCCC#CC2(F)F)cc1.O=C1CCCCCC(=O)C1.O=C1CCCCCC(=O)C1(F)F.[Br-]. The average molecular weight is 2190 g/mol. The summed E-state index contributed by atoms with van der Waals surface area (Å²) in [6.07, 6.45) is 19.6. The van der Waals surface area contributed by atoms with E-state index < -0.39 is 134 Å². The van der Waals surface area contributed by atoms with Crippen LogP contribution in [0, 0.1) is 47.4 Å². The highest BCUT2D eigenvalue weighted by Crippen LogP contribution is 2.45. The molecule has 149 heavy (non-hydrogen) atoms. The normalized spacial score (nSPS) is 20.5. The topological polar surface area (TPSA) is 315 Å². The van der Waals surface area contributed by atoms with Crippen LogP contribution < -0.4 is 17.0 Å². The van der Waals surface area contributed by atoms with Crippen LogP contribution in [0.2, 0.25) is 0 Å². The van der Waals surface area contributed by atoms with Gasteiger partial charge in [-0.05, 0) is 265 Å². The number of hydrogen-bond acceptors (Lipinski definition) is 20. The lowest BCUT2D eigenvalue weighted by Crippen LogP contribution is -3.00. The number of methoxy groups -OCH3 is 5. The van der Waals surface area contributed by atoms with E-state index in [0.29, 0.717) is 148 Å². The van der Waals surface area contributed by atoms with Crippen LogP contribution >= 0.6 is 0 Å². The Balaban J connectivity index is 0.000000304. The highest BCUT2D eigenvalue weighted by atomic mass is 79.9. The van der Waals surface area contributed by atoms with E-state index in [0.717, 1.165) is 75.3 Å². The molecule has 7 aliphatic carbocycles. The number of ether oxygens (including phenoxy) is 5. The van der Waals surface area contributed by atoms with Gasteiger partial charge in [0, 0.05) is 80.6 Å². The number of rotatable bonds is 18. The number of Topliss-reactive ketones (excluding diaryl/α,β-unsaturated/α-hetero) is 6. The number of carboxylic acids is 1. The van der Waals surface area contributed by atoms with Gasteiger partial charge in [0.2, 0.25) is 23.1 Å². The van der Waals surface area contributed by atoms with Crippen molar-refractivity contribution in [1.29, 1.82) is 0 Å². The van der Waals surface area contributed by atoms with Gasteiger partial charge in [0.15, 0.2) is 5.76 Å². The first kappa shape index (κ1) is 127. The van der Waals surface area contributed by atoms with E-state index in [1.54, 1.807) is 84.9 Å². The number of ketones is 6. The molecule has 21 nitrogen and oxygen atoms in total. The van der Waals surface area contributed by atoms with Gasteiger partial charge in [-0.3, -0.25) is 28.8 Å². The molecule has 7 aliphatic rings. The van der Waals surface area contributed by atoms with E-state index >= 15 is 0 Å². The zero-order valence-corrected chi connectivity index (χ0v) is 86.2. The predicted octanol–water partition coefficient (Wildman–Crippen LogP) is 22.3. The fourth-order valence-corrected chi connectivity index (χ4v) is 17.0. The number of alkyl halides is 15. The Labute approximate surface area is 868 Å². The number of aromatic carboxylic acids is 1. The first-order chi connectivity index (χ1) is 69.9. The first-order valence-electron chi connectivity index (χ1n) is 49.0. The quantitative estimate of drug-likeness (QED) is 0.0159. The molecule has 0 aromatic heterocycles. The van der Waals surface area contributed by atoms with Crippen molar-refractivity contribution >= 4 is 86.7 Å². The molecular weight excluding hydrogens is 2070 g/mol. The number of carbonyl (C=O) groups excluding carboxylic acids is 11. The molecule has 4 unspecified atom stereocenters. The number of aryl methyl sites for hydroxylation is 1. The van der Waals surface area contributed by atoms with Gasteiger partial charge < -0.3 is 50.0 Å². The second kappa shape index (κ2) is 61.9. The zero-order chi connectivity index (χ0) is 110. The molecule has 0 amide bonds. The Morgan fingerprint density at radius 3 is 1.02 bits per heavy atom. The van der Waals surface area contributed by atoms with Crippen LogP contribution in [0.1, 0.15) is 314 Å². The summed E-state index contributed by atoms with van der Waals surface area (Å²) in [5, 5.41) is 8.81. The summed E-state index contributed by atoms with van der Waals surface area (Å²) in [5.41, 5.74) is 0.548. The van der Waals surface area contributed by atoms with Crippen molar-refractivity contribution < 1.29 is 182 Å². The van der Waals surface area contributed by atoms with Crippen LogP contribution in [0.4, 0.5) is 65.9 Å². The van der Waals surface area contributed by atoms with Crippen LogP contribution in [0.15, 0.2) is 163 Å². The van der Waals surface area contributed by atoms with E-state index in [4.69, 9.17) is 5.11 Å². The third-order valence-corrected chi connectivity index (χ3v) is 26.3. The maximum absolute atomic E-state index is 14.9. The molecule has 38 heteroatoms. The number of esters is 5. The maximum atomic E-state index is 14.9. The number of carbonyl (C=O) groups is 12. The Morgan fingerprint density at radius 2 is 0.664 bits per heavy atom. The molecule has 6 aromatic carbocycles. The molecule has 1 N–H and O–H groups in total. The van der Waals surface area contributed by atoms with E-state index in [1.165, 1.54) is 95.7 Å². The molecule has 0 radical (unpaired) electrons. The van der Waals surface area contributed by atoms with Gasteiger partial charge in [-0.1, -0.05) is 143 Å². The zero-order valence-electron chi connectivity index (χ0n) is 83.8. The van der Waals surface area contributed by atoms with Gasteiger partial charge in [0.1, 0.15) is 11.6 Å². The lowest BCUT2D eigenvalue weighted by molar-refractivity contribution is -0.157. The Hall–Kier alpha value is -12.1. The highest BCUT2D eigenvalue weighted by Gasteiger charge is 2.55. The summed E-state index contributed by atoms with van der Waals surface area (Å²) in [5.74, 6) is -23.8. The Morgan fingerprint density at radius 1 is 0.369 bits per heavy atom. The molecule has 4 atom stereocenters. The molecule has 13 rings (SSSR count). The van der Waals surface area contributed by atoms with Crippen molar-refractivity contribution in [2.45, 2.75) is 292 Å². The third-order valence-electron chi connectivity index (χ3n) is 25.4. The minimum Gasteiger partial charge on any atom is -1.00 e. The summed E-state index contributed by atoms with van der Waals surface area (Å²) < 4.78 is 255. The van der Waals surface area contributed by atoms with Crippen LogP contribution in [0.3, 0.4) is 0 Å². The summed E-state index contributed by atoms with van der Waals surface area (Å²) in [4.78, 5) is 134. The van der Waals surface area contributed by atoms with Crippen molar-refractivity contribution in [3.8, 4) is 23.7 Å². The number of carboxylic acid groups (broad SMARTS) is 1. The molecule has 0 bridgehead atoms. The smallest absolute Gasteiger partial charge is 0.534 e. The van der Waals surface area contributed by atoms with E-state index in [-0.39, 0.29) is 128 Å². The average Bonchev–Trinajstić information content (AvgIpc) is 0.788. The highest BCUT2D eigenvalue weighted by molar-refractivity contribution is 7.87. The van der Waals surface area contributed by atoms with Gasteiger partial charge in [0.25, 0.3) is 0 Å². The van der Waals surface area contributed by atoms with Crippen molar-refractivity contribution in [1.82, 2.24) is 0 Å². The monoisotopic (exact) mass is 2190 g/mol. The van der Waals surface area contributed by atoms with Crippen LogP contribution in [0.5, 0.6) is 0 Å². The molecular formula is C111H125BrF15O21S-. The molecule has 6 aromatic rings. The van der Waals surface area contributed by atoms with E-state index in [2.05, 4.69) is 58.5 Å². The molecule has 0 saturated heterocycles. The Kier molecular flexibility index (Phi) is 52.9. The lowest BCUT2D eigenvalue weighted by Gasteiger charge is -2.30. The van der Waals surface area contributed by atoms with Crippen molar-refractivity contribution in [3.05, 3.63) is 230 Å². The minimum atomic E-state index is -6.21. The van der Waals surface area contributed by atoms with Gasteiger partial charge in [-0.25, -0.2) is 28.8 Å². The second-order valence-electron chi connectivity index (χ2n) is 36.3. The predicted molar refractivity (Wildman–Crippen MR) is 520 cm³/mol. The van der Waals surface area contributed by atoms with Gasteiger partial charge >= 0.3 is 87.0 Å². The lowest BCUT2D eigenvalue weighted by atomic mass is 9.83. The second-order valence-corrected chi connectivity index (χ2v) is 37.8. The van der Waals surface area contributed by atoms with Crippen molar-refractivity contribution in [3.63, 3.8) is 0 Å². The number of halogens is 16. The molecule has 0 spiro atoms. The van der Waals surface area contributed by atoms with E-state index in [9.17, 15) is 132 Å². The van der Waals surface area contributed by atoms with Gasteiger partial charge in [-0.2, -0.15) is 74.3 Å². The summed E-state index contributed by atoms with van der Waals surface area (Å²) in [6, 6.07) is 38.3. The molecule has 4 fully saturated rings. The Bertz CT molecular complexity index is 5690. The molecule has 4 saturated carbocycles.